The van der Waals surface area contributed by atoms with Crippen molar-refractivity contribution in [1.82, 2.24) is 0 Å². The third-order valence-corrected chi connectivity index (χ3v) is 1.36. The van der Waals surface area contributed by atoms with E-state index in [9.17, 15) is 0 Å². The average molecular weight is 135 g/mol. The predicted octanol–water partition coefficient (Wildman–Crippen LogP) is 1.26. The number of benzene rings is 1. The fraction of sp³-hybridized carbons (Fsp3) is 0.250. The minimum Gasteiger partial charge on any atom is -0.490 e. The molecule has 0 saturated carbocycles. The standard InChI is InChI=1S/C8H7O2/c1-2-7-6-8(3-1)10-5-4-9-7/h2-3,6H,4-5H2. The first-order chi connectivity index (χ1) is 4.95. The number of hydrogen-bond acceptors (Lipinski definition) is 2. The largest absolute Gasteiger partial charge is 0.490 e. The molecule has 0 N–H and O–H groups in total. The summed E-state index contributed by atoms with van der Waals surface area (Å²) in [6, 6.07) is 8.39. The quantitative estimate of drug-likeness (QED) is 0.533. The lowest BCUT2D eigenvalue weighted by atomic mass is 10.3. The van der Waals surface area contributed by atoms with Crippen molar-refractivity contribution in [2.75, 3.05) is 13.2 Å². The maximum absolute atomic E-state index is 5.25. The van der Waals surface area contributed by atoms with Crippen LogP contribution in [0, 0.1) is 6.07 Å². The first kappa shape index (κ1) is 5.59. The van der Waals surface area contributed by atoms with Crippen LogP contribution in [0.4, 0.5) is 0 Å². The van der Waals surface area contributed by atoms with Crippen molar-refractivity contribution in [2.24, 2.45) is 0 Å². The summed E-state index contributed by atoms with van der Waals surface area (Å²) in [5.41, 5.74) is 0. The van der Waals surface area contributed by atoms with Crippen molar-refractivity contribution in [3.63, 3.8) is 0 Å². The summed E-state index contributed by atoms with van der Waals surface area (Å²) in [6.45, 7) is 1.25. The highest BCUT2D eigenvalue weighted by atomic mass is 16.5. The molecule has 0 amide bonds. The molecule has 2 nitrogen and oxygen atoms in total. The zero-order valence-corrected chi connectivity index (χ0v) is 5.46. The molecule has 1 aromatic carbocycles. The van der Waals surface area contributed by atoms with Crippen LogP contribution in [0.15, 0.2) is 18.2 Å². The Hall–Kier alpha value is -1.18. The molecule has 2 heteroatoms. The van der Waals surface area contributed by atoms with Crippen molar-refractivity contribution >= 4 is 0 Å². The minimum absolute atomic E-state index is 0.626. The molecule has 1 aliphatic rings. The van der Waals surface area contributed by atoms with Gasteiger partial charge in [-0.1, -0.05) is 0 Å². The number of fused-ring (bicyclic) bond motifs is 2. The molecule has 10 heavy (non-hydrogen) atoms. The van der Waals surface area contributed by atoms with E-state index in [1.54, 1.807) is 12.1 Å². The van der Waals surface area contributed by atoms with Crippen LogP contribution in [0.1, 0.15) is 0 Å². The molecular weight excluding hydrogens is 128 g/mol. The second kappa shape index (κ2) is 2.21. The number of ether oxygens (including phenoxy) is 2. The Morgan fingerprint density at radius 2 is 1.70 bits per heavy atom. The second-order valence-electron chi connectivity index (χ2n) is 2.10. The van der Waals surface area contributed by atoms with E-state index in [-0.39, 0.29) is 0 Å². The maximum Gasteiger partial charge on any atom is 0.123 e. The molecule has 1 heterocycles. The third kappa shape index (κ3) is 0.923. The molecular formula is C8H7O2. The fourth-order valence-corrected chi connectivity index (χ4v) is 0.915. The van der Waals surface area contributed by atoms with Gasteiger partial charge in [0, 0.05) is 6.07 Å². The van der Waals surface area contributed by atoms with Gasteiger partial charge in [0.2, 0.25) is 0 Å². The van der Waals surface area contributed by atoms with E-state index in [4.69, 9.17) is 9.47 Å². The van der Waals surface area contributed by atoms with Crippen LogP contribution in [0.5, 0.6) is 11.5 Å². The monoisotopic (exact) mass is 135 g/mol. The molecule has 1 radical (unpaired) electrons. The SMILES string of the molecule is [c]1cc2cc(c1)OCCO2. The van der Waals surface area contributed by atoms with Gasteiger partial charge in [0.05, 0.1) is 0 Å². The number of hydrogen-bond donors (Lipinski definition) is 0. The van der Waals surface area contributed by atoms with E-state index in [2.05, 4.69) is 6.07 Å². The average Bonchev–Trinajstić information content (AvgIpc) is 2.12. The molecule has 2 rings (SSSR count). The van der Waals surface area contributed by atoms with E-state index in [0.29, 0.717) is 13.2 Å². The smallest absolute Gasteiger partial charge is 0.123 e. The second-order valence-corrected chi connectivity index (χ2v) is 2.10. The van der Waals surface area contributed by atoms with Crippen LogP contribution in [0.3, 0.4) is 0 Å². The van der Waals surface area contributed by atoms with E-state index in [1.165, 1.54) is 0 Å². The summed E-state index contributed by atoms with van der Waals surface area (Å²) in [5.74, 6) is 1.69. The van der Waals surface area contributed by atoms with Crippen molar-refractivity contribution < 1.29 is 9.47 Å². The third-order valence-electron chi connectivity index (χ3n) is 1.36. The van der Waals surface area contributed by atoms with Gasteiger partial charge in [-0.05, 0) is 18.2 Å². The summed E-state index contributed by atoms with van der Waals surface area (Å²) < 4.78 is 10.5. The fourth-order valence-electron chi connectivity index (χ4n) is 0.915. The highest BCUT2D eigenvalue weighted by molar-refractivity contribution is 5.32. The van der Waals surface area contributed by atoms with Crippen LogP contribution in [0.25, 0.3) is 0 Å². The molecule has 51 valence electrons. The molecule has 0 fully saturated rings. The lowest BCUT2D eigenvalue weighted by Crippen LogP contribution is -2.04. The van der Waals surface area contributed by atoms with Crippen molar-refractivity contribution in [2.45, 2.75) is 0 Å². The zero-order valence-electron chi connectivity index (χ0n) is 5.46. The lowest BCUT2D eigenvalue weighted by molar-refractivity contribution is 0.232. The summed E-state index contributed by atoms with van der Waals surface area (Å²) in [7, 11) is 0. The van der Waals surface area contributed by atoms with Gasteiger partial charge in [-0.3, -0.25) is 0 Å². The van der Waals surface area contributed by atoms with Gasteiger partial charge in [-0.2, -0.15) is 0 Å². The minimum atomic E-state index is 0.626. The van der Waals surface area contributed by atoms with Gasteiger partial charge >= 0.3 is 0 Å². The van der Waals surface area contributed by atoms with Crippen molar-refractivity contribution in [1.29, 1.82) is 0 Å². The molecule has 0 atom stereocenters. The van der Waals surface area contributed by atoms with Crippen LogP contribution in [0.2, 0.25) is 0 Å². The summed E-state index contributed by atoms with van der Waals surface area (Å²) in [4.78, 5) is 0. The van der Waals surface area contributed by atoms with E-state index < -0.39 is 0 Å². The van der Waals surface area contributed by atoms with Crippen LogP contribution >= 0.6 is 0 Å². The predicted molar refractivity (Wildman–Crippen MR) is 36.3 cm³/mol. The normalized spacial score (nSPS) is 14.8. The highest BCUT2D eigenvalue weighted by Gasteiger charge is 2.02. The van der Waals surface area contributed by atoms with E-state index in [0.717, 1.165) is 11.5 Å². The maximum atomic E-state index is 5.25. The molecule has 1 aromatic rings. The zero-order chi connectivity index (χ0) is 6.81. The van der Waals surface area contributed by atoms with Gasteiger partial charge < -0.3 is 9.47 Å². The molecule has 1 aliphatic heterocycles. The molecule has 0 aliphatic carbocycles. The molecule has 0 aromatic heterocycles. The van der Waals surface area contributed by atoms with E-state index in [1.807, 2.05) is 6.07 Å². The van der Waals surface area contributed by atoms with Crippen LogP contribution in [-0.2, 0) is 0 Å². The van der Waals surface area contributed by atoms with Gasteiger partial charge in [-0.15, -0.1) is 0 Å². The Kier molecular flexibility index (Phi) is 1.24. The first-order valence-corrected chi connectivity index (χ1v) is 3.22. The van der Waals surface area contributed by atoms with Gasteiger partial charge in [0.1, 0.15) is 24.7 Å². The molecule has 0 unspecified atom stereocenters. The Labute approximate surface area is 59.4 Å². The Morgan fingerprint density at radius 1 is 1.10 bits per heavy atom. The summed E-state index contributed by atoms with van der Waals surface area (Å²) >= 11 is 0. The van der Waals surface area contributed by atoms with Gasteiger partial charge in [0.15, 0.2) is 0 Å². The van der Waals surface area contributed by atoms with Crippen LogP contribution in [-0.4, -0.2) is 13.2 Å². The molecule has 0 saturated heterocycles. The highest BCUT2D eigenvalue weighted by Crippen LogP contribution is 2.20. The molecule has 0 spiro atoms. The van der Waals surface area contributed by atoms with Crippen molar-refractivity contribution in [3.05, 3.63) is 24.3 Å². The summed E-state index contributed by atoms with van der Waals surface area (Å²) in [6.07, 6.45) is 0. The lowest BCUT2D eigenvalue weighted by Gasteiger charge is -1.97. The van der Waals surface area contributed by atoms with Crippen molar-refractivity contribution in [3.8, 4) is 11.5 Å². The topological polar surface area (TPSA) is 18.5 Å². The molecule has 2 bridgehead atoms. The first-order valence-electron chi connectivity index (χ1n) is 3.22. The Balaban J connectivity index is 2.41. The summed E-state index contributed by atoms with van der Waals surface area (Å²) in [5, 5.41) is 0. The Bertz CT molecular complexity index is 211. The van der Waals surface area contributed by atoms with Crippen LogP contribution < -0.4 is 9.47 Å². The van der Waals surface area contributed by atoms with E-state index >= 15 is 0 Å². The number of rotatable bonds is 0. The Morgan fingerprint density at radius 3 is 2.30 bits per heavy atom. The van der Waals surface area contributed by atoms with Gasteiger partial charge in [0.25, 0.3) is 0 Å². The van der Waals surface area contributed by atoms with Gasteiger partial charge in [-0.25, -0.2) is 0 Å².